The second kappa shape index (κ2) is 7.84. The van der Waals surface area contributed by atoms with Crippen LogP contribution < -0.4 is 4.72 Å². The van der Waals surface area contributed by atoms with Gasteiger partial charge in [0, 0.05) is 45.8 Å². The maximum atomic E-state index is 12.9. The molecule has 150 valence electrons. The van der Waals surface area contributed by atoms with E-state index < -0.39 is 21.7 Å². The van der Waals surface area contributed by atoms with Gasteiger partial charge in [0.15, 0.2) is 0 Å². The van der Waals surface area contributed by atoms with Crippen LogP contribution in [0.15, 0.2) is 30.3 Å². The molecule has 0 spiro atoms. The summed E-state index contributed by atoms with van der Waals surface area (Å²) in [5, 5.41) is 9.84. The van der Waals surface area contributed by atoms with Crippen molar-refractivity contribution in [1.29, 1.82) is 0 Å². The lowest BCUT2D eigenvalue weighted by atomic mass is 10.1. The smallest absolute Gasteiger partial charge is 0.325 e. The molecule has 2 N–H and O–H groups in total. The minimum atomic E-state index is -3.90. The van der Waals surface area contributed by atoms with E-state index >= 15 is 0 Å². The summed E-state index contributed by atoms with van der Waals surface area (Å²) in [6.45, 7) is 4.99. The number of aliphatic carboxylic acids is 1. The summed E-state index contributed by atoms with van der Waals surface area (Å²) in [7, 11) is -2.26. The molecule has 1 aromatic rings. The Labute approximate surface area is 160 Å². The Morgan fingerprint density at radius 1 is 1.26 bits per heavy atom. The molecule has 1 saturated carbocycles. The second-order valence-corrected chi connectivity index (χ2v) is 8.86. The molecular formula is C18H27N3O5S. The number of carboxylic acids is 1. The van der Waals surface area contributed by atoms with E-state index in [0.29, 0.717) is 32.8 Å². The summed E-state index contributed by atoms with van der Waals surface area (Å²) in [6, 6.07) is 9.21. The first-order valence-corrected chi connectivity index (χ1v) is 10.6. The van der Waals surface area contributed by atoms with Crippen molar-refractivity contribution in [2.75, 3.05) is 46.4 Å². The molecule has 0 radical (unpaired) electrons. The Morgan fingerprint density at radius 3 is 2.44 bits per heavy atom. The molecule has 0 bridgehead atoms. The van der Waals surface area contributed by atoms with Gasteiger partial charge in [-0.2, -0.15) is 17.4 Å². The number of nitrogens with zero attached hydrogens (tertiary/aromatic N) is 2. The highest BCUT2D eigenvalue weighted by Gasteiger charge is 2.70. The van der Waals surface area contributed by atoms with E-state index in [-0.39, 0.29) is 11.8 Å². The zero-order valence-corrected chi connectivity index (χ0v) is 16.5. The normalized spacial score (nSPS) is 29.6. The highest BCUT2D eigenvalue weighted by Crippen LogP contribution is 2.57. The van der Waals surface area contributed by atoms with Gasteiger partial charge in [-0.1, -0.05) is 37.3 Å². The van der Waals surface area contributed by atoms with Crippen LogP contribution in [-0.2, 0) is 19.7 Å². The molecule has 0 aromatic heterocycles. The summed E-state index contributed by atoms with van der Waals surface area (Å²) >= 11 is 0. The first-order chi connectivity index (χ1) is 12.8. The number of carboxylic acid groups (broad SMARTS) is 1. The summed E-state index contributed by atoms with van der Waals surface area (Å²) in [6.07, 6.45) is 0. The molecule has 8 nitrogen and oxygen atoms in total. The highest BCUT2D eigenvalue weighted by atomic mass is 32.2. The van der Waals surface area contributed by atoms with Crippen LogP contribution in [0.25, 0.3) is 0 Å². The SMILES string of the molecule is COCCN1CCN(S(=O)(=O)N[C@@]2(C(=O)O)[C@H](C)[C@@H]2c2ccccc2)CC1. The van der Waals surface area contributed by atoms with E-state index in [1.165, 1.54) is 4.31 Å². The molecule has 3 atom stereocenters. The Morgan fingerprint density at radius 2 is 1.89 bits per heavy atom. The molecule has 2 fully saturated rings. The van der Waals surface area contributed by atoms with Gasteiger partial charge in [0.05, 0.1) is 6.61 Å². The van der Waals surface area contributed by atoms with E-state index in [4.69, 9.17) is 4.74 Å². The van der Waals surface area contributed by atoms with Crippen molar-refractivity contribution in [2.45, 2.75) is 18.4 Å². The summed E-state index contributed by atoms with van der Waals surface area (Å²) in [5.41, 5.74) is -0.660. The molecule has 0 unspecified atom stereocenters. The van der Waals surface area contributed by atoms with Gasteiger partial charge in [-0.15, -0.1) is 0 Å². The number of piperazine rings is 1. The minimum absolute atomic E-state index is 0.324. The van der Waals surface area contributed by atoms with Gasteiger partial charge in [-0.25, -0.2) is 0 Å². The Bertz CT molecular complexity index is 764. The van der Waals surface area contributed by atoms with Crippen molar-refractivity contribution in [2.24, 2.45) is 5.92 Å². The van der Waals surface area contributed by atoms with Gasteiger partial charge in [-0.05, 0) is 11.5 Å². The average Bonchev–Trinajstić information content (AvgIpc) is 3.25. The minimum Gasteiger partial charge on any atom is -0.480 e. The fourth-order valence-electron chi connectivity index (χ4n) is 3.99. The monoisotopic (exact) mass is 397 g/mol. The lowest BCUT2D eigenvalue weighted by Crippen LogP contribution is -2.56. The molecule has 2 aliphatic rings. The molecule has 0 amide bonds. The van der Waals surface area contributed by atoms with Crippen LogP contribution in [0.1, 0.15) is 18.4 Å². The predicted octanol–water partition coefficient (Wildman–Crippen LogP) is 0.342. The van der Waals surface area contributed by atoms with Crippen LogP contribution in [0.5, 0.6) is 0 Å². The van der Waals surface area contributed by atoms with E-state index in [0.717, 1.165) is 12.1 Å². The van der Waals surface area contributed by atoms with Gasteiger partial charge in [0.2, 0.25) is 0 Å². The van der Waals surface area contributed by atoms with Gasteiger partial charge in [0.1, 0.15) is 5.54 Å². The third kappa shape index (κ3) is 3.88. The molecule has 1 saturated heterocycles. The first-order valence-electron chi connectivity index (χ1n) is 9.11. The number of ether oxygens (including phenoxy) is 1. The number of rotatable bonds is 8. The van der Waals surface area contributed by atoms with Crippen LogP contribution in [0, 0.1) is 5.92 Å². The maximum absolute atomic E-state index is 12.9. The molecule has 1 aromatic carbocycles. The van der Waals surface area contributed by atoms with Crippen LogP contribution in [0.4, 0.5) is 0 Å². The van der Waals surface area contributed by atoms with Gasteiger partial charge in [0.25, 0.3) is 10.2 Å². The Kier molecular flexibility index (Phi) is 5.87. The molecule has 3 rings (SSSR count). The molecule has 27 heavy (non-hydrogen) atoms. The zero-order chi connectivity index (χ0) is 19.7. The van der Waals surface area contributed by atoms with Crippen molar-refractivity contribution in [3.05, 3.63) is 35.9 Å². The Balaban J connectivity index is 1.71. The Hall–Kier alpha value is -1.52. The van der Waals surface area contributed by atoms with Crippen LogP contribution in [0.3, 0.4) is 0 Å². The van der Waals surface area contributed by atoms with Gasteiger partial charge >= 0.3 is 5.97 Å². The summed E-state index contributed by atoms with van der Waals surface area (Å²) in [4.78, 5) is 14.2. The third-order valence-corrected chi connectivity index (χ3v) is 7.33. The highest BCUT2D eigenvalue weighted by molar-refractivity contribution is 7.87. The van der Waals surface area contributed by atoms with E-state index in [1.54, 1.807) is 14.0 Å². The molecule has 9 heteroatoms. The van der Waals surface area contributed by atoms with E-state index in [2.05, 4.69) is 9.62 Å². The number of hydrogen-bond acceptors (Lipinski definition) is 5. The predicted molar refractivity (Wildman–Crippen MR) is 101 cm³/mol. The lowest BCUT2D eigenvalue weighted by molar-refractivity contribution is -0.140. The first kappa shape index (κ1) is 20.2. The van der Waals surface area contributed by atoms with E-state index in [1.807, 2.05) is 30.3 Å². The number of benzene rings is 1. The standard InChI is InChI=1S/C18H27N3O5S/c1-14-16(15-6-4-3-5-7-15)18(14,17(22)23)19-27(24,25)21-10-8-20(9-11-21)12-13-26-2/h3-7,14,16,19H,8-13H2,1-2H3,(H,22,23)/t14-,16-,18+/m1/s1. The number of hydrogen-bond donors (Lipinski definition) is 2. The van der Waals surface area contributed by atoms with Crippen molar-refractivity contribution in [1.82, 2.24) is 13.9 Å². The summed E-state index contributed by atoms with van der Waals surface area (Å²) in [5.74, 6) is -1.84. The molecular weight excluding hydrogens is 370 g/mol. The van der Waals surface area contributed by atoms with Crippen molar-refractivity contribution < 1.29 is 23.1 Å². The van der Waals surface area contributed by atoms with Crippen molar-refractivity contribution >= 4 is 16.2 Å². The maximum Gasteiger partial charge on any atom is 0.325 e. The number of carbonyl (C=O) groups is 1. The van der Waals surface area contributed by atoms with Gasteiger partial charge in [-0.3, -0.25) is 9.69 Å². The number of nitrogens with one attached hydrogen (secondary N) is 1. The largest absolute Gasteiger partial charge is 0.480 e. The topological polar surface area (TPSA) is 99.2 Å². The average molecular weight is 397 g/mol. The van der Waals surface area contributed by atoms with E-state index in [9.17, 15) is 18.3 Å². The van der Waals surface area contributed by atoms with Crippen LogP contribution in [-0.4, -0.2) is 80.7 Å². The lowest BCUT2D eigenvalue weighted by Gasteiger charge is -2.34. The van der Waals surface area contributed by atoms with Crippen molar-refractivity contribution in [3.63, 3.8) is 0 Å². The van der Waals surface area contributed by atoms with Crippen LogP contribution >= 0.6 is 0 Å². The molecule has 1 aliphatic heterocycles. The number of methoxy groups -OCH3 is 1. The molecule has 1 aliphatic carbocycles. The molecule has 1 heterocycles. The fraction of sp³-hybridized carbons (Fsp3) is 0.611. The van der Waals surface area contributed by atoms with Crippen LogP contribution in [0.2, 0.25) is 0 Å². The summed E-state index contributed by atoms with van der Waals surface area (Å²) < 4.78 is 34.7. The zero-order valence-electron chi connectivity index (χ0n) is 15.7. The van der Waals surface area contributed by atoms with Crippen molar-refractivity contribution in [3.8, 4) is 0 Å². The second-order valence-electron chi connectivity index (χ2n) is 7.19. The van der Waals surface area contributed by atoms with Gasteiger partial charge < -0.3 is 9.84 Å². The quantitative estimate of drug-likeness (QED) is 0.656. The third-order valence-electron chi connectivity index (χ3n) is 5.69. The fourth-order valence-corrected chi connectivity index (χ4v) is 5.59.